The van der Waals surface area contributed by atoms with E-state index in [-0.39, 0.29) is 17.2 Å². The van der Waals surface area contributed by atoms with Crippen molar-refractivity contribution in [1.82, 2.24) is 9.88 Å². The van der Waals surface area contributed by atoms with Crippen LogP contribution in [0.4, 0.5) is 0 Å². The van der Waals surface area contributed by atoms with Crippen LogP contribution >= 0.6 is 0 Å². The van der Waals surface area contributed by atoms with Gasteiger partial charge in [-0.3, -0.25) is 9.78 Å². The fourth-order valence-corrected chi connectivity index (χ4v) is 4.10. The Morgan fingerprint density at radius 1 is 1.37 bits per heavy atom. The molecule has 2 aromatic rings. The number of pyridine rings is 1. The summed E-state index contributed by atoms with van der Waals surface area (Å²) in [5.41, 5.74) is 4.05. The predicted molar refractivity (Wildman–Crippen MR) is 108 cm³/mol. The van der Waals surface area contributed by atoms with E-state index in [4.69, 9.17) is 10.2 Å². The van der Waals surface area contributed by atoms with E-state index in [9.17, 15) is 4.79 Å². The van der Waals surface area contributed by atoms with Crippen molar-refractivity contribution in [1.29, 1.82) is 5.26 Å². The molecule has 2 atom stereocenters. The smallest absolute Gasteiger partial charge is 0.254 e. The predicted octanol–water partition coefficient (Wildman–Crippen LogP) is 4.62. The van der Waals surface area contributed by atoms with Gasteiger partial charge in [0.1, 0.15) is 0 Å². The third kappa shape index (κ3) is 3.83. The maximum Gasteiger partial charge on any atom is 0.254 e. The van der Waals surface area contributed by atoms with Gasteiger partial charge in [0.25, 0.3) is 5.91 Å². The number of aromatic nitrogens is 1. The number of fused-ring (bicyclic) bond motifs is 2. The topological polar surface area (TPSA) is 57.0 Å². The molecule has 4 heteroatoms. The van der Waals surface area contributed by atoms with E-state index in [1.165, 1.54) is 0 Å². The number of hydrogen-bond donors (Lipinski definition) is 0. The molecule has 0 bridgehead atoms. The lowest BCUT2D eigenvalue weighted by molar-refractivity contribution is 0.0784. The number of rotatable bonds is 3. The Labute approximate surface area is 162 Å². The van der Waals surface area contributed by atoms with Gasteiger partial charge in [0, 0.05) is 24.7 Å². The number of para-hydroxylation sites is 1. The molecule has 1 aliphatic carbocycles. The molecule has 4 nitrogen and oxygen atoms in total. The summed E-state index contributed by atoms with van der Waals surface area (Å²) in [7, 11) is 1.79. The van der Waals surface area contributed by atoms with Crippen LogP contribution in [0, 0.1) is 28.6 Å². The van der Waals surface area contributed by atoms with Crippen LogP contribution in [-0.4, -0.2) is 29.4 Å². The van der Waals surface area contributed by atoms with E-state index in [1.807, 2.05) is 31.2 Å². The first kappa shape index (κ1) is 19.4. The van der Waals surface area contributed by atoms with Crippen LogP contribution < -0.4 is 0 Å². The van der Waals surface area contributed by atoms with Crippen LogP contribution in [0.25, 0.3) is 10.9 Å². The number of carbonyl (C=O) groups is 1. The van der Waals surface area contributed by atoms with Gasteiger partial charge >= 0.3 is 0 Å². The molecule has 1 aromatic carbocycles. The van der Waals surface area contributed by atoms with Crippen LogP contribution in [0.1, 0.15) is 55.7 Å². The molecular formula is C23H29N3O. The fourth-order valence-electron chi connectivity index (χ4n) is 4.10. The van der Waals surface area contributed by atoms with Gasteiger partial charge in [-0.05, 0) is 49.1 Å². The molecule has 1 aromatic heterocycles. The van der Waals surface area contributed by atoms with Crippen LogP contribution in [0.15, 0.2) is 24.3 Å². The third-order valence-electron chi connectivity index (χ3n) is 5.81. The van der Waals surface area contributed by atoms with E-state index in [0.717, 1.165) is 47.0 Å². The minimum Gasteiger partial charge on any atom is -0.340 e. The number of nitrogens with zero attached hydrogens (tertiary/aromatic N) is 3. The number of carbonyl (C=O) groups excluding carboxylic acids is 1. The van der Waals surface area contributed by atoms with Gasteiger partial charge in [0.2, 0.25) is 0 Å². The van der Waals surface area contributed by atoms with Gasteiger partial charge in [0.15, 0.2) is 0 Å². The molecule has 0 N–H and O–H groups in total. The molecule has 3 rings (SSSR count). The van der Waals surface area contributed by atoms with Gasteiger partial charge in [-0.2, -0.15) is 5.26 Å². The van der Waals surface area contributed by atoms with Gasteiger partial charge < -0.3 is 4.90 Å². The first-order chi connectivity index (χ1) is 12.7. The molecule has 0 fully saturated rings. The Morgan fingerprint density at radius 2 is 2.07 bits per heavy atom. The quantitative estimate of drug-likeness (QED) is 0.799. The van der Waals surface area contributed by atoms with Crippen molar-refractivity contribution in [3.05, 3.63) is 41.1 Å². The SMILES string of the molecule is CC(C#N)CN(C)C(=O)c1c2c(nc3ccccc13)CCC(C(C)(C)C)C2. The summed E-state index contributed by atoms with van der Waals surface area (Å²) >= 11 is 0. The molecule has 1 amide bonds. The Kier molecular flexibility index (Phi) is 5.24. The molecule has 0 saturated carbocycles. The maximum absolute atomic E-state index is 13.4. The second-order valence-electron chi connectivity index (χ2n) is 8.95. The molecule has 0 aliphatic heterocycles. The Balaban J connectivity index is 2.12. The van der Waals surface area contributed by atoms with E-state index in [1.54, 1.807) is 11.9 Å². The first-order valence-corrected chi connectivity index (χ1v) is 9.78. The summed E-state index contributed by atoms with van der Waals surface area (Å²) in [6.45, 7) is 9.11. The zero-order valence-electron chi connectivity index (χ0n) is 17.0. The van der Waals surface area contributed by atoms with Crippen molar-refractivity contribution in [2.24, 2.45) is 17.3 Å². The number of benzene rings is 1. The minimum atomic E-state index is -0.190. The highest BCUT2D eigenvalue weighted by Gasteiger charge is 2.33. The highest BCUT2D eigenvalue weighted by atomic mass is 16.2. The summed E-state index contributed by atoms with van der Waals surface area (Å²) in [5, 5.41) is 10.0. The molecule has 1 heterocycles. The lowest BCUT2D eigenvalue weighted by Crippen LogP contribution is -2.34. The molecule has 0 radical (unpaired) electrons. The Bertz CT molecular complexity index is 904. The largest absolute Gasteiger partial charge is 0.340 e. The standard InChI is InChI=1S/C23H29N3O/c1-15(13-24)14-26(5)22(27)21-17-8-6-7-9-19(17)25-20-11-10-16(12-18(20)21)23(2,3)4/h6-9,15-16H,10-12,14H2,1-5H3. The van der Waals surface area contributed by atoms with Crippen molar-refractivity contribution in [3.8, 4) is 6.07 Å². The highest BCUT2D eigenvalue weighted by molar-refractivity contribution is 6.07. The third-order valence-corrected chi connectivity index (χ3v) is 5.81. The van der Waals surface area contributed by atoms with Crippen molar-refractivity contribution < 1.29 is 4.79 Å². The van der Waals surface area contributed by atoms with Gasteiger partial charge in [0.05, 0.1) is 23.1 Å². The molecular weight excluding hydrogens is 334 g/mol. The maximum atomic E-state index is 13.4. The summed E-state index contributed by atoms with van der Waals surface area (Å²) in [6, 6.07) is 10.1. The zero-order chi connectivity index (χ0) is 19.8. The number of aryl methyl sites for hydroxylation is 1. The van der Waals surface area contributed by atoms with E-state index in [0.29, 0.717) is 12.5 Å². The van der Waals surface area contributed by atoms with Crippen molar-refractivity contribution in [3.63, 3.8) is 0 Å². The lowest BCUT2D eigenvalue weighted by Gasteiger charge is -2.36. The van der Waals surface area contributed by atoms with Gasteiger partial charge in [-0.25, -0.2) is 0 Å². The number of hydrogen-bond acceptors (Lipinski definition) is 3. The zero-order valence-corrected chi connectivity index (χ0v) is 17.0. The van der Waals surface area contributed by atoms with Gasteiger partial charge in [-0.15, -0.1) is 0 Å². The van der Waals surface area contributed by atoms with Crippen molar-refractivity contribution >= 4 is 16.8 Å². The summed E-state index contributed by atoms with van der Waals surface area (Å²) in [5.74, 6) is 0.342. The summed E-state index contributed by atoms with van der Waals surface area (Å²) < 4.78 is 0. The monoisotopic (exact) mass is 363 g/mol. The summed E-state index contributed by atoms with van der Waals surface area (Å²) in [6.07, 6.45) is 2.91. The molecule has 142 valence electrons. The highest BCUT2D eigenvalue weighted by Crippen LogP contribution is 2.39. The first-order valence-electron chi connectivity index (χ1n) is 9.78. The molecule has 27 heavy (non-hydrogen) atoms. The molecule has 0 saturated heterocycles. The summed E-state index contributed by atoms with van der Waals surface area (Å²) in [4.78, 5) is 20.0. The van der Waals surface area contributed by atoms with Crippen molar-refractivity contribution in [2.45, 2.75) is 47.0 Å². The fraction of sp³-hybridized carbons (Fsp3) is 0.522. The van der Waals surface area contributed by atoms with Crippen LogP contribution in [-0.2, 0) is 12.8 Å². The van der Waals surface area contributed by atoms with Crippen LogP contribution in [0.3, 0.4) is 0 Å². The molecule has 1 aliphatic rings. The van der Waals surface area contributed by atoms with Crippen LogP contribution in [0.2, 0.25) is 0 Å². The van der Waals surface area contributed by atoms with E-state index < -0.39 is 0 Å². The van der Waals surface area contributed by atoms with E-state index in [2.05, 4.69) is 26.8 Å². The Morgan fingerprint density at radius 3 is 2.74 bits per heavy atom. The molecule has 2 unspecified atom stereocenters. The average molecular weight is 364 g/mol. The lowest BCUT2D eigenvalue weighted by atomic mass is 9.70. The Hall–Kier alpha value is -2.41. The molecule has 0 spiro atoms. The minimum absolute atomic E-state index is 0.00140. The van der Waals surface area contributed by atoms with Crippen LogP contribution in [0.5, 0.6) is 0 Å². The second-order valence-corrected chi connectivity index (χ2v) is 8.95. The van der Waals surface area contributed by atoms with Gasteiger partial charge in [-0.1, -0.05) is 39.0 Å². The van der Waals surface area contributed by atoms with Crippen molar-refractivity contribution in [2.75, 3.05) is 13.6 Å². The number of nitriles is 1. The second kappa shape index (κ2) is 7.31. The van der Waals surface area contributed by atoms with E-state index >= 15 is 0 Å². The number of amides is 1. The average Bonchev–Trinajstić information content (AvgIpc) is 2.64. The normalized spacial score (nSPS) is 17.9.